The van der Waals surface area contributed by atoms with Crippen LogP contribution in [0, 0.1) is 0 Å². The molecular formula is C20H24N2O5. The van der Waals surface area contributed by atoms with Gasteiger partial charge in [-0.15, -0.1) is 0 Å². The van der Waals surface area contributed by atoms with Crippen molar-refractivity contribution in [1.82, 2.24) is 5.32 Å². The highest BCUT2D eigenvalue weighted by molar-refractivity contribution is 6.05. The smallest absolute Gasteiger partial charge is 0.259 e. The van der Waals surface area contributed by atoms with Crippen molar-refractivity contribution in [3.8, 4) is 0 Å². The Hall–Kier alpha value is -2.64. The SMILES string of the molecule is CC(C)NC(=O)c1ccc(NC(=O)c2ccoc2C2(O)CCOCC2)cc1. The minimum atomic E-state index is -1.20. The lowest BCUT2D eigenvalue weighted by atomic mass is 9.89. The fraction of sp³-hybridized carbons (Fsp3) is 0.400. The van der Waals surface area contributed by atoms with Crippen LogP contribution in [0.5, 0.6) is 0 Å². The van der Waals surface area contributed by atoms with Gasteiger partial charge in [0.15, 0.2) is 0 Å². The Balaban J connectivity index is 1.71. The number of carbonyl (C=O) groups is 2. The minimum Gasteiger partial charge on any atom is -0.465 e. The van der Waals surface area contributed by atoms with Crippen molar-refractivity contribution in [2.75, 3.05) is 18.5 Å². The van der Waals surface area contributed by atoms with Crippen LogP contribution in [-0.2, 0) is 10.3 Å². The summed E-state index contributed by atoms with van der Waals surface area (Å²) in [5.41, 5.74) is 0.156. The van der Waals surface area contributed by atoms with Gasteiger partial charge in [0, 0.05) is 43.3 Å². The van der Waals surface area contributed by atoms with Gasteiger partial charge < -0.3 is 24.9 Å². The lowest BCUT2D eigenvalue weighted by molar-refractivity contribution is -0.0803. The summed E-state index contributed by atoms with van der Waals surface area (Å²) in [4.78, 5) is 24.6. The zero-order chi connectivity index (χ0) is 19.4. The molecule has 0 aliphatic carbocycles. The van der Waals surface area contributed by atoms with Gasteiger partial charge in [0.25, 0.3) is 11.8 Å². The molecule has 7 heteroatoms. The molecule has 0 saturated carbocycles. The first-order valence-electron chi connectivity index (χ1n) is 8.99. The average molecular weight is 372 g/mol. The Morgan fingerprint density at radius 1 is 1.07 bits per heavy atom. The van der Waals surface area contributed by atoms with Gasteiger partial charge in [0.05, 0.1) is 11.8 Å². The van der Waals surface area contributed by atoms with Crippen LogP contribution in [0.2, 0.25) is 0 Å². The summed E-state index contributed by atoms with van der Waals surface area (Å²) < 4.78 is 10.7. The van der Waals surface area contributed by atoms with Crippen molar-refractivity contribution in [2.24, 2.45) is 0 Å². The molecule has 144 valence electrons. The summed E-state index contributed by atoms with van der Waals surface area (Å²) in [6.45, 7) is 4.61. The van der Waals surface area contributed by atoms with Crippen molar-refractivity contribution >= 4 is 17.5 Å². The van der Waals surface area contributed by atoms with Crippen LogP contribution >= 0.6 is 0 Å². The first-order valence-corrected chi connectivity index (χ1v) is 8.99. The Morgan fingerprint density at radius 2 is 1.74 bits per heavy atom. The highest BCUT2D eigenvalue weighted by atomic mass is 16.5. The fourth-order valence-corrected chi connectivity index (χ4v) is 3.03. The molecule has 1 aromatic carbocycles. The van der Waals surface area contributed by atoms with E-state index in [-0.39, 0.29) is 23.6 Å². The van der Waals surface area contributed by atoms with E-state index < -0.39 is 5.60 Å². The molecule has 1 aliphatic heterocycles. The zero-order valence-corrected chi connectivity index (χ0v) is 15.5. The second-order valence-electron chi connectivity index (χ2n) is 6.97. The van der Waals surface area contributed by atoms with E-state index >= 15 is 0 Å². The van der Waals surface area contributed by atoms with Crippen molar-refractivity contribution in [3.63, 3.8) is 0 Å². The number of ether oxygens (including phenoxy) is 1. The Labute approximate surface area is 157 Å². The summed E-state index contributed by atoms with van der Waals surface area (Å²) in [6.07, 6.45) is 2.15. The van der Waals surface area contributed by atoms with Crippen LogP contribution in [0.3, 0.4) is 0 Å². The standard InChI is InChI=1S/C20H24N2O5/c1-13(2)21-18(23)14-3-5-15(6-4-14)22-19(24)16-7-10-27-17(16)20(25)8-11-26-12-9-20/h3-7,10,13,25H,8-9,11-12H2,1-2H3,(H,21,23)(H,22,24). The predicted molar refractivity (Wildman–Crippen MR) is 99.7 cm³/mol. The maximum atomic E-state index is 12.7. The van der Waals surface area contributed by atoms with Crippen LogP contribution < -0.4 is 10.6 Å². The summed E-state index contributed by atoms with van der Waals surface area (Å²) in [5.74, 6) is -0.281. The summed E-state index contributed by atoms with van der Waals surface area (Å²) >= 11 is 0. The van der Waals surface area contributed by atoms with Gasteiger partial charge in [0.1, 0.15) is 11.4 Å². The van der Waals surface area contributed by atoms with Crippen LogP contribution in [0.4, 0.5) is 5.69 Å². The first-order chi connectivity index (χ1) is 12.9. The van der Waals surface area contributed by atoms with Gasteiger partial charge in [-0.1, -0.05) is 0 Å². The third kappa shape index (κ3) is 4.37. The molecule has 3 rings (SSSR count). The van der Waals surface area contributed by atoms with E-state index in [1.54, 1.807) is 30.3 Å². The van der Waals surface area contributed by atoms with E-state index in [4.69, 9.17) is 9.15 Å². The predicted octanol–water partition coefficient (Wildman–Crippen LogP) is 2.67. The van der Waals surface area contributed by atoms with E-state index in [2.05, 4.69) is 10.6 Å². The topological polar surface area (TPSA) is 101 Å². The molecule has 0 radical (unpaired) electrons. The highest BCUT2D eigenvalue weighted by Gasteiger charge is 2.38. The van der Waals surface area contributed by atoms with E-state index in [1.165, 1.54) is 6.26 Å². The quantitative estimate of drug-likeness (QED) is 0.749. The van der Waals surface area contributed by atoms with Gasteiger partial charge in [-0.25, -0.2) is 0 Å². The summed E-state index contributed by atoms with van der Waals surface area (Å²) in [5, 5.41) is 16.4. The Bertz CT molecular complexity index is 804. The maximum absolute atomic E-state index is 12.7. The van der Waals surface area contributed by atoms with Crippen LogP contribution in [-0.4, -0.2) is 36.2 Å². The minimum absolute atomic E-state index is 0.0485. The van der Waals surface area contributed by atoms with Crippen molar-refractivity contribution in [3.05, 3.63) is 53.5 Å². The second kappa shape index (κ2) is 7.94. The number of benzene rings is 1. The molecule has 1 fully saturated rings. The molecule has 27 heavy (non-hydrogen) atoms. The number of anilines is 1. The van der Waals surface area contributed by atoms with Crippen LogP contribution in [0.15, 0.2) is 41.0 Å². The summed E-state index contributed by atoms with van der Waals surface area (Å²) in [7, 11) is 0. The number of amides is 2. The van der Waals surface area contributed by atoms with Gasteiger partial charge in [-0.05, 0) is 44.2 Å². The Kier molecular flexibility index (Phi) is 5.62. The van der Waals surface area contributed by atoms with Gasteiger partial charge in [-0.3, -0.25) is 9.59 Å². The first kappa shape index (κ1) is 19.1. The maximum Gasteiger partial charge on any atom is 0.259 e. The molecule has 2 heterocycles. The number of carbonyl (C=O) groups excluding carboxylic acids is 2. The molecule has 1 saturated heterocycles. The average Bonchev–Trinajstić information content (AvgIpc) is 3.13. The fourth-order valence-electron chi connectivity index (χ4n) is 3.03. The molecule has 0 unspecified atom stereocenters. The molecule has 2 amide bonds. The molecule has 2 aromatic rings. The van der Waals surface area contributed by atoms with Gasteiger partial charge >= 0.3 is 0 Å². The highest BCUT2D eigenvalue weighted by Crippen LogP contribution is 2.35. The lowest BCUT2D eigenvalue weighted by Crippen LogP contribution is -2.34. The molecule has 0 atom stereocenters. The van der Waals surface area contributed by atoms with Crippen LogP contribution in [0.25, 0.3) is 0 Å². The number of furan rings is 1. The third-order valence-electron chi connectivity index (χ3n) is 4.48. The van der Waals surface area contributed by atoms with Crippen molar-refractivity contribution < 1.29 is 23.8 Å². The van der Waals surface area contributed by atoms with Gasteiger partial charge in [0.2, 0.25) is 0 Å². The van der Waals surface area contributed by atoms with E-state index in [0.717, 1.165) is 0 Å². The lowest BCUT2D eigenvalue weighted by Gasteiger charge is -2.30. The molecule has 1 aliphatic rings. The second-order valence-corrected chi connectivity index (χ2v) is 6.97. The molecule has 1 aromatic heterocycles. The monoisotopic (exact) mass is 372 g/mol. The number of nitrogens with one attached hydrogen (secondary N) is 2. The third-order valence-corrected chi connectivity index (χ3v) is 4.48. The van der Waals surface area contributed by atoms with Crippen molar-refractivity contribution in [1.29, 1.82) is 0 Å². The molecular weight excluding hydrogens is 348 g/mol. The number of aliphatic hydroxyl groups is 1. The van der Waals surface area contributed by atoms with Crippen LogP contribution in [0.1, 0.15) is 53.2 Å². The van der Waals surface area contributed by atoms with E-state index in [0.29, 0.717) is 42.9 Å². The van der Waals surface area contributed by atoms with Gasteiger partial charge in [-0.2, -0.15) is 0 Å². The molecule has 0 spiro atoms. The largest absolute Gasteiger partial charge is 0.465 e. The molecule has 7 nitrogen and oxygen atoms in total. The summed E-state index contributed by atoms with van der Waals surface area (Å²) in [6, 6.07) is 8.22. The molecule has 3 N–H and O–H groups in total. The number of hydrogen-bond acceptors (Lipinski definition) is 5. The zero-order valence-electron chi connectivity index (χ0n) is 15.5. The molecule has 0 bridgehead atoms. The van der Waals surface area contributed by atoms with Crippen molar-refractivity contribution in [2.45, 2.75) is 38.3 Å². The van der Waals surface area contributed by atoms with E-state index in [1.807, 2.05) is 13.8 Å². The van der Waals surface area contributed by atoms with E-state index in [9.17, 15) is 14.7 Å². The number of hydrogen-bond donors (Lipinski definition) is 3. The normalized spacial score (nSPS) is 16.1. The number of rotatable bonds is 5. The Morgan fingerprint density at radius 3 is 2.37 bits per heavy atom.